The number of hydrogen-bond acceptors (Lipinski definition) is 4. The molecule has 0 aliphatic carbocycles. The van der Waals surface area contributed by atoms with E-state index in [-0.39, 0.29) is 11.8 Å². The number of benzene rings is 1. The van der Waals surface area contributed by atoms with Crippen LogP contribution in [0.1, 0.15) is 45.1 Å². The third-order valence-corrected chi connectivity index (χ3v) is 4.44. The van der Waals surface area contributed by atoms with Crippen molar-refractivity contribution in [1.82, 2.24) is 10.6 Å². The van der Waals surface area contributed by atoms with Gasteiger partial charge in [-0.1, -0.05) is 19.4 Å². The van der Waals surface area contributed by atoms with E-state index in [0.717, 1.165) is 43.5 Å². The van der Waals surface area contributed by atoms with E-state index < -0.39 is 0 Å². The van der Waals surface area contributed by atoms with Gasteiger partial charge in [0.05, 0.1) is 13.7 Å². The molecule has 0 aromatic heterocycles. The topological polar surface area (TPSA) is 59.6 Å². The van der Waals surface area contributed by atoms with Crippen molar-refractivity contribution in [2.45, 2.75) is 52.1 Å². The Morgan fingerprint density at radius 3 is 2.92 bits per heavy atom. The quantitative estimate of drug-likeness (QED) is 0.718. The molecule has 1 aromatic carbocycles. The number of piperidine rings is 1. The largest absolute Gasteiger partial charge is 0.493 e. The lowest BCUT2D eigenvalue weighted by Crippen LogP contribution is -2.42. The van der Waals surface area contributed by atoms with Crippen molar-refractivity contribution < 1.29 is 14.3 Å². The van der Waals surface area contributed by atoms with Crippen LogP contribution < -0.4 is 20.1 Å². The molecular formula is C19H30N2O3. The lowest BCUT2D eigenvalue weighted by Gasteiger charge is -2.27. The summed E-state index contributed by atoms with van der Waals surface area (Å²) in [6.45, 7) is 6.38. The Hall–Kier alpha value is -1.75. The number of methoxy groups -OCH3 is 1. The summed E-state index contributed by atoms with van der Waals surface area (Å²) in [6, 6.07) is 6.25. The van der Waals surface area contributed by atoms with Gasteiger partial charge in [-0.05, 0) is 50.4 Å². The van der Waals surface area contributed by atoms with E-state index >= 15 is 0 Å². The number of hydrogen-bond donors (Lipinski definition) is 2. The number of carbonyl (C=O) groups is 1. The predicted molar refractivity (Wildman–Crippen MR) is 95.4 cm³/mol. The van der Waals surface area contributed by atoms with E-state index in [9.17, 15) is 4.79 Å². The molecule has 0 saturated carbocycles. The number of carbonyl (C=O) groups excluding carboxylic acids is 1. The van der Waals surface area contributed by atoms with Gasteiger partial charge in [-0.3, -0.25) is 4.79 Å². The first-order chi connectivity index (χ1) is 11.6. The summed E-state index contributed by atoms with van der Waals surface area (Å²) in [5.41, 5.74) is 1.02. The van der Waals surface area contributed by atoms with E-state index in [4.69, 9.17) is 9.47 Å². The molecule has 1 amide bonds. The molecule has 1 heterocycles. The molecule has 1 aliphatic rings. The second-order valence-electron chi connectivity index (χ2n) is 6.48. The summed E-state index contributed by atoms with van der Waals surface area (Å²) in [4.78, 5) is 12.3. The summed E-state index contributed by atoms with van der Waals surface area (Å²) >= 11 is 0. The average molecular weight is 334 g/mol. The average Bonchev–Trinajstić information content (AvgIpc) is 2.60. The first-order valence-electron chi connectivity index (χ1n) is 8.94. The Morgan fingerprint density at radius 1 is 1.38 bits per heavy atom. The molecule has 0 radical (unpaired) electrons. The van der Waals surface area contributed by atoms with Crippen LogP contribution in [-0.2, 0) is 11.3 Å². The minimum Gasteiger partial charge on any atom is -0.493 e. The second kappa shape index (κ2) is 9.52. The van der Waals surface area contributed by atoms with Crippen molar-refractivity contribution in [3.8, 4) is 11.5 Å². The molecule has 0 spiro atoms. The van der Waals surface area contributed by atoms with Crippen LogP contribution in [0.15, 0.2) is 18.2 Å². The van der Waals surface area contributed by atoms with Crippen molar-refractivity contribution in [3.05, 3.63) is 23.8 Å². The Labute approximate surface area is 145 Å². The fourth-order valence-electron chi connectivity index (χ4n) is 2.97. The standard InChI is InChI=1S/C19H30N2O3/c1-4-5-10-24-17-7-6-15(12-18(17)23-3)13-21-19(22)16-8-9-20-14(2)11-16/h6-7,12,14,16,20H,4-5,8-11,13H2,1-3H3,(H,21,22)/t14-,16-/m0/s1. The Bertz CT molecular complexity index is 533. The van der Waals surface area contributed by atoms with Crippen molar-refractivity contribution in [2.24, 2.45) is 5.92 Å². The molecule has 0 unspecified atom stereocenters. The van der Waals surface area contributed by atoms with Gasteiger partial charge in [0.25, 0.3) is 0 Å². The molecule has 1 saturated heterocycles. The van der Waals surface area contributed by atoms with E-state index in [0.29, 0.717) is 24.9 Å². The van der Waals surface area contributed by atoms with Gasteiger partial charge >= 0.3 is 0 Å². The molecule has 2 rings (SSSR count). The summed E-state index contributed by atoms with van der Waals surface area (Å²) in [6.07, 6.45) is 3.93. The lowest BCUT2D eigenvalue weighted by atomic mass is 9.92. The fourth-order valence-corrected chi connectivity index (χ4v) is 2.97. The van der Waals surface area contributed by atoms with Gasteiger partial charge < -0.3 is 20.1 Å². The van der Waals surface area contributed by atoms with Crippen LogP contribution in [0.5, 0.6) is 11.5 Å². The number of ether oxygens (including phenoxy) is 2. The van der Waals surface area contributed by atoms with Crippen LogP contribution in [-0.4, -0.2) is 32.2 Å². The van der Waals surface area contributed by atoms with Gasteiger partial charge in [-0.15, -0.1) is 0 Å². The van der Waals surface area contributed by atoms with E-state index in [1.165, 1.54) is 0 Å². The van der Waals surface area contributed by atoms with Crippen LogP contribution >= 0.6 is 0 Å². The smallest absolute Gasteiger partial charge is 0.223 e. The Morgan fingerprint density at radius 2 is 2.21 bits per heavy atom. The van der Waals surface area contributed by atoms with Crippen LogP contribution in [0.2, 0.25) is 0 Å². The minimum atomic E-state index is 0.111. The maximum atomic E-state index is 12.3. The zero-order chi connectivity index (χ0) is 17.4. The van der Waals surface area contributed by atoms with E-state index in [1.807, 2.05) is 18.2 Å². The van der Waals surface area contributed by atoms with Gasteiger partial charge in [-0.2, -0.15) is 0 Å². The molecule has 5 nitrogen and oxygen atoms in total. The highest BCUT2D eigenvalue weighted by molar-refractivity contribution is 5.78. The van der Waals surface area contributed by atoms with E-state index in [1.54, 1.807) is 7.11 Å². The highest BCUT2D eigenvalue weighted by Crippen LogP contribution is 2.28. The number of amides is 1. The Balaban J connectivity index is 1.88. The minimum absolute atomic E-state index is 0.111. The van der Waals surface area contributed by atoms with Gasteiger partial charge in [0.1, 0.15) is 0 Å². The zero-order valence-electron chi connectivity index (χ0n) is 15.1. The molecule has 0 bridgehead atoms. The molecule has 2 N–H and O–H groups in total. The van der Waals surface area contributed by atoms with Gasteiger partial charge in [-0.25, -0.2) is 0 Å². The number of nitrogens with one attached hydrogen (secondary N) is 2. The third-order valence-electron chi connectivity index (χ3n) is 4.44. The summed E-state index contributed by atoms with van der Waals surface area (Å²) in [7, 11) is 1.64. The van der Waals surface area contributed by atoms with Crippen LogP contribution in [0, 0.1) is 5.92 Å². The zero-order valence-corrected chi connectivity index (χ0v) is 15.1. The Kier molecular flexibility index (Phi) is 7.37. The third kappa shape index (κ3) is 5.41. The van der Waals surface area contributed by atoms with Crippen molar-refractivity contribution >= 4 is 5.91 Å². The SMILES string of the molecule is CCCCOc1ccc(CNC(=O)[C@H]2CCN[C@@H](C)C2)cc1OC. The highest BCUT2D eigenvalue weighted by atomic mass is 16.5. The van der Waals surface area contributed by atoms with Crippen LogP contribution in [0.4, 0.5) is 0 Å². The normalized spacial score (nSPS) is 20.5. The maximum Gasteiger partial charge on any atom is 0.223 e. The summed E-state index contributed by atoms with van der Waals surface area (Å²) in [5.74, 6) is 1.73. The van der Waals surface area contributed by atoms with Crippen molar-refractivity contribution in [1.29, 1.82) is 0 Å². The monoisotopic (exact) mass is 334 g/mol. The van der Waals surface area contributed by atoms with Gasteiger partial charge in [0.2, 0.25) is 5.91 Å². The number of rotatable bonds is 8. The molecule has 24 heavy (non-hydrogen) atoms. The summed E-state index contributed by atoms with van der Waals surface area (Å²) < 4.78 is 11.1. The first-order valence-corrected chi connectivity index (χ1v) is 8.94. The van der Waals surface area contributed by atoms with Crippen LogP contribution in [0.25, 0.3) is 0 Å². The molecule has 1 aliphatic heterocycles. The molecule has 134 valence electrons. The van der Waals surface area contributed by atoms with Gasteiger partial charge in [0, 0.05) is 18.5 Å². The van der Waals surface area contributed by atoms with Gasteiger partial charge in [0.15, 0.2) is 11.5 Å². The number of unbranched alkanes of at least 4 members (excludes halogenated alkanes) is 1. The molecular weight excluding hydrogens is 304 g/mol. The van der Waals surface area contributed by atoms with Crippen molar-refractivity contribution in [2.75, 3.05) is 20.3 Å². The molecule has 1 aromatic rings. The van der Waals surface area contributed by atoms with Crippen LogP contribution in [0.3, 0.4) is 0 Å². The van der Waals surface area contributed by atoms with Crippen molar-refractivity contribution in [3.63, 3.8) is 0 Å². The van der Waals surface area contributed by atoms with E-state index in [2.05, 4.69) is 24.5 Å². The highest BCUT2D eigenvalue weighted by Gasteiger charge is 2.24. The summed E-state index contributed by atoms with van der Waals surface area (Å²) in [5, 5.41) is 6.42. The predicted octanol–water partition coefficient (Wildman–Crippen LogP) is 2.88. The lowest BCUT2D eigenvalue weighted by molar-refractivity contribution is -0.126. The maximum absolute atomic E-state index is 12.3. The fraction of sp³-hybridized carbons (Fsp3) is 0.632. The molecule has 1 fully saturated rings. The molecule has 5 heteroatoms. The first kappa shape index (κ1) is 18.6. The second-order valence-corrected chi connectivity index (χ2v) is 6.48. The molecule has 2 atom stereocenters.